The fourth-order valence-electron chi connectivity index (χ4n) is 11.7. The van der Waals surface area contributed by atoms with E-state index in [2.05, 4.69) is 124 Å². The van der Waals surface area contributed by atoms with E-state index in [1.165, 1.54) is 36.4 Å². The van der Waals surface area contributed by atoms with Crippen molar-refractivity contribution in [1.82, 2.24) is 0 Å². The van der Waals surface area contributed by atoms with Crippen LogP contribution in [0.25, 0.3) is 0 Å². The molecular weight excluding hydrogens is 1020 g/mol. The van der Waals surface area contributed by atoms with Gasteiger partial charge in [0.2, 0.25) is 0 Å². The van der Waals surface area contributed by atoms with E-state index in [1.807, 2.05) is 115 Å². The van der Waals surface area contributed by atoms with Crippen molar-refractivity contribution in [3.8, 4) is 0 Å². The molecule has 0 aliphatic carbocycles. The van der Waals surface area contributed by atoms with Crippen molar-refractivity contribution in [3.63, 3.8) is 0 Å². The molecule has 0 aliphatic heterocycles. The van der Waals surface area contributed by atoms with Crippen molar-refractivity contribution in [2.24, 2.45) is 0 Å². The molecule has 0 atom stereocenters. The molecule has 12 heteroatoms. The summed E-state index contributed by atoms with van der Waals surface area (Å²) in [6.45, 7) is -8.76. The molecule has 3 nitrogen and oxygen atoms in total. The van der Waals surface area contributed by atoms with Crippen molar-refractivity contribution < 1.29 is 13.2 Å². The number of nitrogens with zero attached hydrogens (tertiary/aromatic N) is 3. The molecule has 0 radical (unpaired) electrons. The third-order valence-corrected chi connectivity index (χ3v) is 52.4. The van der Waals surface area contributed by atoms with E-state index in [-0.39, 0.29) is 0 Å². The average Bonchev–Trinajstić information content (AvgIpc) is 3.38. The Morgan fingerprint density at radius 2 is 0.458 bits per heavy atom. The zero-order valence-electron chi connectivity index (χ0n) is 40.8. The predicted octanol–water partition coefficient (Wildman–Crippen LogP) is 12.4. The molecule has 368 valence electrons. The Morgan fingerprint density at radius 3 is 0.639 bits per heavy atom. The molecule has 0 N–H and O–H groups in total. The van der Waals surface area contributed by atoms with Crippen LogP contribution in [0.15, 0.2) is 218 Å². The maximum absolute atomic E-state index is 16.1. The van der Waals surface area contributed by atoms with Gasteiger partial charge in [-0.25, -0.2) is 0 Å². The molecule has 0 heterocycles. The normalized spacial score (nSPS) is 12.9. The third kappa shape index (κ3) is 7.93. The Balaban J connectivity index is 1.81. The predicted molar refractivity (Wildman–Crippen MR) is 316 cm³/mol. The molecule has 0 bridgehead atoms. The third-order valence-electron chi connectivity index (χ3n) is 14.6. The summed E-state index contributed by atoms with van der Waals surface area (Å²) in [5, 5.41) is 10.1. The molecule has 0 fully saturated rings. The Labute approximate surface area is 437 Å². The van der Waals surface area contributed by atoms with Crippen molar-refractivity contribution >= 4 is 119 Å². The molecular formula is C60H56Cl3F3N3P3. The zero-order valence-corrected chi connectivity index (χ0v) is 46.0. The van der Waals surface area contributed by atoms with E-state index >= 15 is 13.2 Å². The van der Waals surface area contributed by atoms with Gasteiger partial charge in [-0.15, -0.1) is 0 Å². The second-order valence-corrected chi connectivity index (χ2v) is 40.9. The molecule has 9 aromatic carbocycles. The summed E-state index contributed by atoms with van der Waals surface area (Å²) in [5.74, 6) is -6.43. The summed E-state index contributed by atoms with van der Waals surface area (Å²) in [7, 11) is 12.2. The monoisotopic (exact) mass is 1070 g/mol. The molecule has 0 aliphatic rings. The molecule has 0 aromatic heterocycles. The number of benzene rings is 9. The van der Waals surface area contributed by atoms with E-state index in [0.717, 1.165) is 64.8 Å². The number of hydrogen-bond acceptors (Lipinski definition) is 3. The van der Waals surface area contributed by atoms with Crippen molar-refractivity contribution in [2.75, 3.05) is 57.0 Å². The maximum atomic E-state index is 16.1. The molecule has 0 amide bonds. The number of rotatable bonds is 14. The number of anilines is 3. The van der Waals surface area contributed by atoms with Crippen LogP contribution in [0.2, 0.25) is 15.1 Å². The first-order valence-electron chi connectivity index (χ1n) is 23.5. The fraction of sp³-hybridized carbons (Fsp3) is 0.100. The van der Waals surface area contributed by atoms with Crippen LogP contribution in [-0.2, 0) is 0 Å². The molecule has 72 heavy (non-hydrogen) atoms. The van der Waals surface area contributed by atoms with E-state index in [1.54, 1.807) is 0 Å². The van der Waals surface area contributed by atoms with Crippen molar-refractivity contribution in [1.29, 1.82) is 0 Å². The van der Waals surface area contributed by atoms with Gasteiger partial charge in [-0.3, -0.25) is 0 Å². The van der Waals surface area contributed by atoms with Crippen molar-refractivity contribution in [3.05, 3.63) is 251 Å². The molecule has 0 spiro atoms. The van der Waals surface area contributed by atoms with Crippen LogP contribution in [0.4, 0.5) is 30.2 Å². The van der Waals surface area contributed by atoms with Gasteiger partial charge in [0.1, 0.15) is 0 Å². The van der Waals surface area contributed by atoms with Crippen LogP contribution in [0, 0.1) is 17.5 Å². The molecule has 0 saturated carbocycles. The Morgan fingerprint density at radius 1 is 0.278 bits per heavy atom. The summed E-state index contributed by atoms with van der Waals surface area (Å²) in [6, 6.07) is 72.4. The Hall–Kier alpha value is -5.67. The summed E-state index contributed by atoms with van der Waals surface area (Å²) in [6.07, 6.45) is 0. The van der Waals surface area contributed by atoms with Crippen LogP contribution in [0.5, 0.6) is 0 Å². The first-order chi connectivity index (χ1) is 34.6. The summed E-state index contributed by atoms with van der Waals surface area (Å²) >= 11 is 21.4. The van der Waals surface area contributed by atoms with Crippen molar-refractivity contribution in [2.45, 2.75) is 0 Å². The fourth-order valence-corrected chi connectivity index (χ4v) is 61.7. The number of halogens is 6. The SMILES string of the molecule is CN(C)c1ccc([PH](c2ccc(N(C)C)cc2)(c2ccc(N(C)C)cc2)P(c2ccc(Cl)cc2)(c2ccc(Cl)cc2)(c2ccc(Cl)cc2)[PH](c2ccc(F)cc2)(c2ccc(F)cc2)c2ccc(F)cc2)cc1. The van der Waals surface area contributed by atoms with Gasteiger partial charge >= 0.3 is 441 Å². The van der Waals surface area contributed by atoms with Crippen LogP contribution in [0.1, 0.15) is 0 Å². The summed E-state index contributed by atoms with van der Waals surface area (Å²) < 4.78 is 48.3. The quantitative estimate of drug-likeness (QED) is 0.101. The Bertz CT molecular complexity index is 2960. The molecule has 0 saturated heterocycles. The van der Waals surface area contributed by atoms with Crippen LogP contribution < -0.4 is 62.4 Å². The Kier molecular flexibility index (Phi) is 14.5. The van der Waals surface area contributed by atoms with Gasteiger partial charge in [-0.05, 0) is 0 Å². The van der Waals surface area contributed by atoms with Crippen LogP contribution in [0.3, 0.4) is 0 Å². The second kappa shape index (κ2) is 20.3. The first-order valence-corrected chi connectivity index (χ1v) is 32.6. The molecule has 0 unspecified atom stereocenters. The van der Waals surface area contributed by atoms with Gasteiger partial charge in [-0.2, -0.15) is 0 Å². The van der Waals surface area contributed by atoms with Gasteiger partial charge < -0.3 is 0 Å². The van der Waals surface area contributed by atoms with Gasteiger partial charge in [0.05, 0.1) is 0 Å². The van der Waals surface area contributed by atoms with Gasteiger partial charge in [0.15, 0.2) is 0 Å². The van der Waals surface area contributed by atoms with Crippen LogP contribution >= 0.6 is 54.7 Å². The minimum absolute atomic E-state index is 0.425. The van der Waals surface area contributed by atoms with E-state index < -0.39 is 37.3 Å². The van der Waals surface area contributed by atoms with Gasteiger partial charge in [0.25, 0.3) is 0 Å². The summed E-state index contributed by atoms with van der Waals surface area (Å²) in [5.41, 5.74) is 2.99. The zero-order chi connectivity index (χ0) is 51.0. The van der Waals surface area contributed by atoms with Crippen LogP contribution in [-0.4, -0.2) is 42.3 Å². The average molecular weight is 1080 g/mol. The van der Waals surface area contributed by atoms with Gasteiger partial charge in [0, 0.05) is 0 Å². The minimum atomic E-state index is -5.15. The molecule has 9 rings (SSSR count). The topological polar surface area (TPSA) is 9.72 Å². The molecule has 9 aromatic rings. The second-order valence-electron chi connectivity index (χ2n) is 18.8. The van der Waals surface area contributed by atoms with E-state index in [9.17, 15) is 0 Å². The summed E-state index contributed by atoms with van der Waals surface area (Å²) in [4.78, 5) is 6.28. The standard InChI is InChI=1S/C60H56Cl3F3N3P3/c1-67(2)49-19-31-55(32-20-49)71(56-33-21-50(22-34-56)68(3)4,57-35-23-51(24-36-57)69(5)6)72(58-37-7-43(61)8-38-58,59-39-9-44(62)10-40-59,60-41-11-45(63)12-42-60)70(52-25-13-46(64)14-26-52,53-27-15-47(65)16-28-53)54-29-17-48(66)18-30-54/h7-42,70-71H,1-6H3. The van der Waals surface area contributed by atoms with E-state index in [0.29, 0.717) is 15.1 Å². The number of hydrogen-bond donors (Lipinski definition) is 0. The first kappa shape index (κ1) is 51.2. The van der Waals surface area contributed by atoms with E-state index in [4.69, 9.17) is 34.8 Å². The van der Waals surface area contributed by atoms with Gasteiger partial charge in [-0.1, -0.05) is 0 Å².